The van der Waals surface area contributed by atoms with Crippen molar-refractivity contribution in [1.82, 2.24) is 0 Å². The standard InChI is InChI=1S/C15H13NO2S/c17-15(18)10-5-7-11(8-6-10)16-13-9-19-14-4-2-1-3-12(13)14/h1-8,13,16H,9H2,(H,17,18). The number of carboxylic acids is 1. The number of carboxylic acid groups (broad SMARTS) is 1. The summed E-state index contributed by atoms with van der Waals surface area (Å²) in [6.07, 6.45) is 0. The molecule has 0 bridgehead atoms. The molecule has 1 aliphatic heterocycles. The maximum absolute atomic E-state index is 10.8. The molecule has 96 valence electrons. The first-order chi connectivity index (χ1) is 9.24. The van der Waals surface area contributed by atoms with Gasteiger partial charge in [-0.3, -0.25) is 0 Å². The molecular weight excluding hydrogens is 258 g/mol. The molecule has 1 atom stereocenters. The Bertz CT molecular complexity index is 610. The van der Waals surface area contributed by atoms with E-state index in [9.17, 15) is 4.79 Å². The number of benzene rings is 2. The van der Waals surface area contributed by atoms with Gasteiger partial charge in [0.05, 0.1) is 11.6 Å². The fourth-order valence-corrected chi connectivity index (χ4v) is 3.35. The predicted octanol–water partition coefficient (Wildman–Crippen LogP) is 3.64. The average molecular weight is 271 g/mol. The Morgan fingerprint density at radius 1 is 1.16 bits per heavy atom. The van der Waals surface area contributed by atoms with Crippen molar-refractivity contribution < 1.29 is 9.90 Å². The van der Waals surface area contributed by atoms with Crippen molar-refractivity contribution in [3.8, 4) is 0 Å². The van der Waals surface area contributed by atoms with Crippen LogP contribution in [0.2, 0.25) is 0 Å². The summed E-state index contributed by atoms with van der Waals surface area (Å²) in [4.78, 5) is 12.1. The first kappa shape index (κ1) is 12.1. The zero-order valence-corrected chi connectivity index (χ0v) is 11.0. The fourth-order valence-electron chi connectivity index (χ4n) is 2.19. The highest BCUT2D eigenvalue weighted by Gasteiger charge is 2.22. The second kappa shape index (κ2) is 4.97. The van der Waals surface area contributed by atoms with Gasteiger partial charge in [-0.2, -0.15) is 0 Å². The molecule has 0 saturated heterocycles. The monoisotopic (exact) mass is 271 g/mol. The van der Waals surface area contributed by atoms with Crippen LogP contribution in [0.1, 0.15) is 22.0 Å². The van der Waals surface area contributed by atoms with Crippen LogP contribution in [0.25, 0.3) is 0 Å². The first-order valence-corrected chi connectivity index (χ1v) is 7.04. The molecule has 4 heteroatoms. The molecular formula is C15H13NO2S. The number of rotatable bonds is 3. The lowest BCUT2D eigenvalue weighted by Crippen LogP contribution is -2.09. The van der Waals surface area contributed by atoms with Crippen LogP contribution in [0.4, 0.5) is 5.69 Å². The van der Waals surface area contributed by atoms with Gasteiger partial charge in [-0.25, -0.2) is 4.79 Å². The Morgan fingerprint density at radius 2 is 1.89 bits per heavy atom. The number of hydrogen-bond donors (Lipinski definition) is 2. The van der Waals surface area contributed by atoms with Crippen LogP contribution in [0.5, 0.6) is 0 Å². The number of fused-ring (bicyclic) bond motifs is 1. The third-order valence-corrected chi connectivity index (χ3v) is 4.36. The van der Waals surface area contributed by atoms with E-state index in [0.717, 1.165) is 11.4 Å². The minimum Gasteiger partial charge on any atom is -0.478 e. The molecule has 0 aromatic heterocycles. The van der Waals surface area contributed by atoms with Gasteiger partial charge in [-0.1, -0.05) is 18.2 Å². The minimum absolute atomic E-state index is 0.289. The van der Waals surface area contributed by atoms with E-state index in [0.29, 0.717) is 5.56 Å². The van der Waals surface area contributed by atoms with E-state index in [4.69, 9.17) is 5.11 Å². The van der Waals surface area contributed by atoms with Crippen LogP contribution < -0.4 is 5.32 Å². The number of aromatic carboxylic acids is 1. The summed E-state index contributed by atoms with van der Waals surface area (Å²) in [5.74, 6) is 0.105. The molecule has 0 amide bonds. The van der Waals surface area contributed by atoms with E-state index in [2.05, 4.69) is 23.5 Å². The van der Waals surface area contributed by atoms with Gasteiger partial charge < -0.3 is 10.4 Å². The summed E-state index contributed by atoms with van der Waals surface area (Å²) in [7, 11) is 0. The van der Waals surface area contributed by atoms with E-state index in [-0.39, 0.29) is 6.04 Å². The van der Waals surface area contributed by atoms with Crippen molar-refractivity contribution in [3.63, 3.8) is 0 Å². The highest BCUT2D eigenvalue weighted by molar-refractivity contribution is 7.99. The van der Waals surface area contributed by atoms with E-state index in [1.807, 2.05) is 30.0 Å². The maximum atomic E-state index is 10.8. The van der Waals surface area contributed by atoms with Gasteiger partial charge in [0, 0.05) is 16.3 Å². The quantitative estimate of drug-likeness (QED) is 0.894. The van der Waals surface area contributed by atoms with Crippen LogP contribution >= 0.6 is 11.8 Å². The molecule has 0 saturated carbocycles. The lowest BCUT2D eigenvalue weighted by Gasteiger charge is -2.14. The van der Waals surface area contributed by atoms with Crippen molar-refractivity contribution in [2.75, 3.05) is 11.1 Å². The predicted molar refractivity (Wildman–Crippen MR) is 76.9 cm³/mol. The zero-order chi connectivity index (χ0) is 13.2. The molecule has 0 aliphatic carbocycles. The molecule has 1 aliphatic rings. The molecule has 2 N–H and O–H groups in total. The van der Waals surface area contributed by atoms with Gasteiger partial charge in [0.1, 0.15) is 0 Å². The molecule has 3 rings (SSSR count). The Kier molecular flexibility index (Phi) is 3.17. The minimum atomic E-state index is -0.895. The van der Waals surface area contributed by atoms with Crippen molar-refractivity contribution in [2.24, 2.45) is 0 Å². The fraction of sp³-hybridized carbons (Fsp3) is 0.133. The second-order valence-corrected chi connectivity index (χ2v) is 5.49. The normalized spacial score (nSPS) is 16.9. The largest absolute Gasteiger partial charge is 0.478 e. The summed E-state index contributed by atoms with van der Waals surface area (Å²) in [5, 5.41) is 12.3. The lowest BCUT2D eigenvalue weighted by molar-refractivity contribution is 0.0697. The number of thioether (sulfide) groups is 1. The van der Waals surface area contributed by atoms with Crippen molar-refractivity contribution in [3.05, 3.63) is 59.7 Å². The van der Waals surface area contributed by atoms with Crippen LogP contribution in [0, 0.1) is 0 Å². The molecule has 1 unspecified atom stereocenters. The van der Waals surface area contributed by atoms with Crippen LogP contribution in [-0.4, -0.2) is 16.8 Å². The summed E-state index contributed by atoms with van der Waals surface area (Å²) in [6.45, 7) is 0. The van der Waals surface area contributed by atoms with Crippen molar-refractivity contribution in [2.45, 2.75) is 10.9 Å². The molecule has 0 spiro atoms. The summed E-state index contributed by atoms with van der Waals surface area (Å²) >= 11 is 1.85. The van der Waals surface area contributed by atoms with Gasteiger partial charge in [0.15, 0.2) is 0 Å². The Balaban J connectivity index is 1.78. The highest BCUT2D eigenvalue weighted by atomic mass is 32.2. The Labute approximate surface area is 115 Å². The smallest absolute Gasteiger partial charge is 0.335 e. The Hall–Kier alpha value is -1.94. The summed E-state index contributed by atoms with van der Waals surface area (Å²) in [6, 6.07) is 15.5. The van der Waals surface area contributed by atoms with E-state index < -0.39 is 5.97 Å². The van der Waals surface area contributed by atoms with Crippen molar-refractivity contribution >= 4 is 23.4 Å². The first-order valence-electron chi connectivity index (χ1n) is 6.05. The van der Waals surface area contributed by atoms with E-state index in [1.165, 1.54) is 10.5 Å². The van der Waals surface area contributed by atoms with E-state index in [1.54, 1.807) is 12.1 Å². The number of anilines is 1. The Morgan fingerprint density at radius 3 is 2.63 bits per heavy atom. The molecule has 3 nitrogen and oxygen atoms in total. The van der Waals surface area contributed by atoms with Crippen LogP contribution in [0.3, 0.4) is 0 Å². The van der Waals surface area contributed by atoms with Gasteiger partial charge in [0.2, 0.25) is 0 Å². The average Bonchev–Trinajstić information content (AvgIpc) is 2.83. The molecule has 2 aromatic carbocycles. The SMILES string of the molecule is O=C(O)c1ccc(NC2CSc3ccccc32)cc1. The van der Waals surface area contributed by atoms with Gasteiger partial charge in [0.25, 0.3) is 0 Å². The summed E-state index contributed by atoms with van der Waals surface area (Å²) < 4.78 is 0. The maximum Gasteiger partial charge on any atom is 0.335 e. The lowest BCUT2D eigenvalue weighted by atomic mass is 10.1. The van der Waals surface area contributed by atoms with Crippen molar-refractivity contribution in [1.29, 1.82) is 0 Å². The zero-order valence-electron chi connectivity index (χ0n) is 10.2. The third kappa shape index (κ3) is 2.44. The topological polar surface area (TPSA) is 49.3 Å². The van der Waals surface area contributed by atoms with Gasteiger partial charge in [-0.05, 0) is 35.9 Å². The molecule has 1 heterocycles. The highest BCUT2D eigenvalue weighted by Crippen LogP contribution is 2.39. The number of hydrogen-bond acceptors (Lipinski definition) is 3. The molecule has 19 heavy (non-hydrogen) atoms. The summed E-state index contributed by atoms with van der Waals surface area (Å²) in [5.41, 5.74) is 2.58. The molecule has 0 radical (unpaired) electrons. The van der Waals surface area contributed by atoms with Gasteiger partial charge in [-0.15, -0.1) is 11.8 Å². The molecule has 0 fully saturated rings. The molecule has 2 aromatic rings. The van der Waals surface area contributed by atoms with Gasteiger partial charge >= 0.3 is 5.97 Å². The number of nitrogens with one attached hydrogen (secondary N) is 1. The second-order valence-electron chi connectivity index (χ2n) is 4.43. The number of carbonyl (C=O) groups is 1. The third-order valence-electron chi connectivity index (χ3n) is 3.17. The van der Waals surface area contributed by atoms with Crippen LogP contribution in [-0.2, 0) is 0 Å². The van der Waals surface area contributed by atoms with Crippen LogP contribution in [0.15, 0.2) is 53.4 Å². The van der Waals surface area contributed by atoms with E-state index >= 15 is 0 Å².